The Kier molecular flexibility index (Phi) is 3.65. The maximum Gasteiger partial charge on any atom is 0.199 e. The summed E-state index contributed by atoms with van der Waals surface area (Å²) in [4.78, 5) is 21.1. The van der Waals surface area contributed by atoms with Crippen LogP contribution in [0.3, 0.4) is 0 Å². The molecule has 1 aromatic carbocycles. The van der Waals surface area contributed by atoms with Crippen LogP contribution in [0.4, 0.5) is 0 Å². The highest BCUT2D eigenvalue weighted by atomic mass is 32.1. The number of aryl methyl sites for hydroxylation is 1. The summed E-state index contributed by atoms with van der Waals surface area (Å²) < 4.78 is 2.09. The second-order valence-corrected chi connectivity index (χ2v) is 6.99. The van der Waals surface area contributed by atoms with Gasteiger partial charge in [0.2, 0.25) is 0 Å². The van der Waals surface area contributed by atoms with Crippen molar-refractivity contribution in [2.75, 3.05) is 13.1 Å². The highest BCUT2D eigenvalue weighted by Crippen LogP contribution is 2.28. The molecule has 5 heteroatoms. The van der Waals surface area contributed by atoms with Crippen molar-refractivity contribution >= 4 is 33.1 Å². The van der Waals surface area contributed by atoms with Gasteiger partial charge in [0, 0.05) is 31.1 Å². The number of nitrogens with zero attached hydrogens (tertiary/aromatic N) is 3. The molecule has 3 heterocycles. The average Bonchev–Trinajstić information content (AvgIpc) is 3.10. The molecule has 4 rings (SSSR count). The van der Waals surface area contributed by atoms with E-state index in [2.05, 4.69) is 14.3 Å². The first-order chi connectivity index (χ1) is 11.2. The number of aromatic nitrogens is 2. The van der Waals surface area contributed by atoms with Crippen LogP contribution in [-0.4, -0.2) is 33.2 Å². The van der Waals surface area contributed by atoms with E-state index in [-0.39, 0.29) is 5.78 Å². The SMILES string of the molecule is Cc1c(C(=O)/C=C/N2CCCCC2)sc2nc3ccccc3n12. The van der Waals surface area contributed by atoms with Crippen molar-refractivity contribution in [3.8, 4) is 0 Å². The van der Waals surface area contributed by atoms with E-state index < -0.39 is 0 Å². The summed E-state index contributed by atoms with van der Waals surface area (Å²) in [6.45, 7) is 4.11. The second-order valence-electron chi connectivity index (χ2n) is 6.01. The number of hydrogen-bond acceptors (Lipinski definition) is 4. The lowest BCUT2D eigenvalue weighted by atomic mass is 10.1. The first-order valence-electron chi connectivity index (χ1n) is 8.07. The number of piperidine rings is 1. The van der Waals surface area contributed by atoms with Gasteiger partial charge in [-0.05, 0) is 38.3 Å². The average molecular weight is 325 g/mol. The van der Waals surface area contributed by atoms with Gasteiger partial charge < -0.3 is 4.90 Å². The monoisotopic (exact) mass is 325 g/mol. The molecule has 118 valence electrons. The van der Waals surface area contributed by atoms with Crippen LogP contribution < -0.4 is 0 Å². The number of rotatable bonds is 3. The molecule has 0 unspecified atom stereocenters. The van der Waals surface area contributed by atoms with Crippen molar-refractivity contribution < 1.29 is 4.79 Å². The standard InChI is InChI=1S/C18H19N3OS/c1-13-17(16(22)9-12-20-10-5-2-6-11-20)23-18-19-14-7-3-4-8-15(14)21(13)18/h3-4,7-9,12H,2,5-6,10-11H2,1H3/b12-9+. The van der Waals surface area contributed by atoms with E-state index in [1.807, 2.05) is 37.4 Å². The molecule has 1 aliphatic rings. The zero-order valence-electron chi connectivity index (χ0n) is 13.2. The molecule has 0 aliphatic carbocycles. The maximum absolute atomic E-state index is 12.6. The topological polar surface area (TPSA) is 37.6 Å². The number of hydrogen-bond donors (Lipinski definition) is 0. The number of thiazole rings is 1. The predicted molar refractivity (Wildman–Crippen MR) is 94.2 cm³/mol. The lowest BCUT2D eigenvalue weighted by Gasteiger charge is -2.24. The highest BCUT2D eigenvalue weighted by Gasteiger charge is 2.17. The minimum Gasteiger partial charge on any atom is -0.377 e. The Bertz CT molecular complexity index is 900. The first kappa shape index (κ1) is 14.5. The van der Waals surface area contributed by atoms with Crippen molar-refractivity contribution in [1.82, 2.24) is 14.3 Å². The molecule has 23 heavy (non-hydrogen) atoms. The van der Waals surface area contributed by atoms with E-state index in [1.54, 1.807) is 6.08 Å². The third-order valence-corrected chi connectivity index (χ3v) is 5.60. The van der Waals surface area contributed by atoms with E-state index in [0.717, 1.165) is 39.7 Å². The van der Waals surface area contributed by atoms with Crippen LogP contribution in [0.1, 0.15) is 34.6 Å². The number of benzene rings is 1. The van der Waals surface area contributed by atoms with Crippen LogP contribution in [-0.2, 0) is 0 Å². The number of likely N-dealkylation sites (tertiary alicyclic amines) is 1. The molecular formula is C18H19N3OS. The van der Waals surface area contributed by atoms with Gasteiger partial charge in [-0.2, -0.15) is 0 Å². The Hall–Kier alpha value is -2.14. The molecule has 2 aromatic heterocycles. The number of carbonyl (C=O) groups is 1. The van der Waals surface area contributed by atoms with Crippen LogP contribution in [0.15, 0.2) is 36.5 Å². The van der Waals surface area contributed by atoms with Gasteiger partial charge in [-0.3, -0.25) is 9.20 Å². The fourth-order valence-corrected chi connectivity index (χ4v) is 4.27. The number of imidazole rings is 1. The van der Waals surface area contributed by atoms with Crippen molar-refractivity contribution in [2.45, 2.75) is 26.2 Å². The Labute approximate surface area is 139 Å². The third kappa shape index (κ3) is 2.55. The Morgan fingerprint density at radius 2 is 2.00 bits per heavy atom. The summed E-state index contributed by atoms with van der Waals surface area (Å²) in [5.74, 6) is 0.0765. The van der Waals surface area contributed by atoms with Gasteiger partial charge in [0.25, 0.3) is 0 Å². The molecule has 0 radical (unpaired) electrons. The first-order valence-corrected chi connectivity index (χ1v) is 8.89. The highest BCUT2D eigenvalue weighted by molar-refractivity contribution is 7.19. The molecule has 0 N–H and O–H groups in total. The number of carbonyl (C=O) groups excluding carboxylic acids is 1. The molecule has 3 aromatic rings. The fraction of sp³-hybridized carbons (Fsp3) is 0.333. The van der Waals surface area contributed by atoms with E-state index >= 15 is 0 Å². The summed E-state index contributed by atoms with van der Waals surface area (Å²) in [7, 11) is 0. The zero-order valence-corrected chi connectivity index (χ0v) is 14.0. The van der Waals surface area contributed by atoms with Crippen molar-refractivity contribution in [3.05, 3.63) is 47.1 Å². The molecule has 0 bridgehead atoms. The second kappa shape index (κ2) is 5.81. The van der Waals surface area contributed by atoms with E-state index in [4.69, 9.17) is 0 Å². The Balaban J connectivity index is 1.67. The van der Waals surface area contributed by atoms with Gasteiger partial charge in [0.05, 0.1) is 15.9 Å². The van der Waals surface area contributed by atoms with Gasteiger partial charge >= 0.3 is 0 Å². The van der Waals surface area contributed by atoms with Gasteiger partial charge in [-0.15, -0.1) is 0 Å². The van der Waals surface area contributed by atoms with Gasteiger partial charge in [-0.1, -0.05) is 23.5 Å². The molecule has 0 saturated carbocycles. The smallest absolute Gasteiger partial charge is 0.199 e. The normalized spacial score (nSPS) is 16.0. The fourth-order valence-electron chi connectivity index (χ4n) is 3.21. The predicted octanol–water partition coefficient (Wildman–Crippen LogP) is 4.04. The van der Waals surface area contributed by atoms with Crippen molar-refractivity contribution in [3.63, 3.8) is 0 Å². The van der Waals surface area contributed by atoms with Crippen LogP contribution in [0.25, 0.3) is 16.0 Å². The maximum atomic E-state index is 12.6. The van der Waals surface area contributed by atoms with E-state index in [0.29, 0.717) is 0 Å². The summed E-state index contributed by atoms with van der Waals surface area (Å²) in [6, 6.07) is 8.05. The van der Waals surface area contributed by atoms with E-state index in [9.17, 15) is 4.79 Å². The van der Waals surface area contributed by atoms with Crippen LogP contribution in [0.2, 0.25) is 0 Å². The lowest BCUT2D eigenvalue weighted by molar-refractivity contribution is 0.104. The Morgan fingerprint density at radius 1 is 1.22 bits per heavy atom. The number of para-hydroxylation sites is 2. The molecule has 1 saturated heterocycles. The molecule has 0 spiro atoms. The molecule has 1 aliphatic heterocycles. The largest absolute Gasteiger partial charge is 0.377 e. The zero-order chi connectivity index (χ0) is 15.8. The van der Waals surface area contributed by atoms with Crippen LogP contribution in [0.5, 0.6) is 0 Å². The van der Waals surface area contributed by atoms with Gasteiger partial charge in [0.1, 0.15) is 0 Å². The molecule has 1 fully saturated rings. The minimum absolute atomic E-state index is 0.0765. The summed E-state index contributed by atoms with van der Waals surface area (Å²) in [5.41, 5.74) is 3.02. The van der Waals surface area contributed by atoms with E-state index in [1.165, 1.54) is 30.6 Å². The lowest BCUT2D eigenvalue weighted by Crippen LogP contribution is -2.24. The Morgan fingerprint density at radius 3 is 2.83 bits per heavy atom. The number of ketones is 1. The summed E-state index contributed by atoms with van der Waals surface area (Å²) in [5, 5.41) is 0. The van der Waals surface area contributed by atoms with Crippen LogP contribution >= 0.6 is 11.3 Å². The molecule has 0 amide bonds. The van der Waals surface area contributed by atoms with Crippen LogP contribution in [0, 0.1) is 6.92 Å². The third-order valence-electron chi connectivity index (χ3n) is 4.44. The minimum atomic E-state index is 0.0765. The number of fused-ring (bicyclic) bond motifs is 3. The number of allylic oxidation sites excluding steroid dienone is 1. The molecule has 0 atom stereocenters. The van der Waals surface area contributed by atoms with Gasteiger partial charge in [0.15, 0.2) is 10.7 Å². The van der Waals surface area contributed by atoms with Gasteiger partial charge in [-0.25, -0.2) is 4.98 Å². The molecular weight excluding hydrogens is 306 g/mol. The van der Waals surface area contributed by atoms with Crippen molar-refractivity contribution in [2.24, 2.45) is 0 Å². The summed E-state index contributed by atoms with van der Waals surface area (Å²) in [6.07, 6.45) is 7.41. The van der Waals surface area contributed by atoms with Crippen molar-refractivity contribution in [1.29, 1.82) is 0 Å². The molecule has 4 nitrogen and oxygen atoms in total. The summed E-state index contributed by atoms with van der Waals surface area (Å²) >= 11 is 1.48. The quantitative estimate of drug-likeness (QED) is 0.539.